The number of nitrogens with one attached hydrogen (secondary N) is 2. The van der Waals surface area contributed by atoms with Crippen molar-refractivity contribution in [2.45, 2.75) is 51.0 Å². The second-order valence-electron chi connectivity index (χ2n) is 9.06. The summed E-state index contributed by atoms with van der Waals surface area (Å²) in [5.74, 6) is 2.36. The maximum absolute atomic E-state index is 12.5. The number of para-hydroxylation sites is 1. The van der Waals surface area contributed by atoms with Gasteiger partial charge < -0.3 is 5.32 Å². The number of nitrogens with zero attached hydrogens (tertiary/aromatic N) is 3. The van der Waals surface area contributed by atoms with Crippen molar-refractivity contribution < 1.29 is 4.79 Å². The first-order valence-electron chi connectivity index (χ1n) is 10.4. The molecule has 4 saturated carbocycles. The van der Waals surface area contributed by atoms with Crippen molar-refractivity contribution in [1.82, 2.24) is 20.5 Å². The Bertz CT molecular complexity index is 916. The highest BCUT2D eigenvalue weighted by Crippen LogP contribution is 2.55. The van der Waals surface area contributed by atoms with Crippen LogP contribution in [0.4, 0.5) is 4.79 Å². The lowest BCUT2D eigenvalue weighted by molar-refractivity contribution is -0.0135. The molecule has 2 aromatic rings. The number of hydrogen-bond acceptors (Lipinski definition) is 3. The number of benzene rings is 1. The molecule has 6 rings (SSSR count). The highest BCUT2D eigenvalue weighted by Gasteiger charge is 2.51. The predicted octanol–water partition coefficient (Wildman–Crippen LogP) is 4.44. The van der Waals surface area contributed by atoms with Gasteiger partial charge in [-0.3, -0.25) is 0 Å². The molecule has 1 aromatic carbocycles. The number of amides is 2. The van der Waals surface area contributed by atoms with E-state index in [0.29, 0.717) is 10.7 Å². The number of aryl methyl sites for hydroxylation is 1. The van der Waals surface area contributed by atoms with Crippen molar-refractivity contribution in [2.24, 2.45) is 22.9 Å². The number of carbonyl (C=O) groups excluding carboxylic acids is 1. The summed E-state index contributed by atoms with van der Waals surface area (Å²) in [5, 5.41) is 12.4. The maximum Gasteiger partial charge on any atom is 0.335 e. The van der Waals surface area contributed by atoms with E-state index in [0.717, 1.165) is 48.4 Å². The molecule has 2 N–H and O–H groups in total. The van der Waals surface area contributed by atoms with Gasteiger partial charge in [0.05, 0.1) is 23.2 Å². The van der Waals surface area contributed by atoms with Crippen LogP contribution in [0.2, 0.25) is 5.15 Å². The summed E-state index contributed by atoms with van der Waals surface area (Å²) in [6, 6.07) is 9.47. The van der Waals surface area contributed by atoms with E-state index in [-0.39, 0.29) is 11.6 Å². The molecule has 6 nitrogen and oxygen atoms in total. The van der Waals surface area contributed by atoms with E-state index in [1.54, 1.807) is 10.9 Å². The van der Waals surface area contributed by atoms with Crippen molar-refractivity contribution in [2.75, 3.05) is 0 Å². The second kappa shape index (κ2) is 7.17. The van der Waals surface area contributed by atoms with Crippen LogP contribution in [0, 0.1) is 24.7 Å². The number of rotatable bonds is 4. The monoisotopic (exact) mass is 411 g/mol. The van der Waals surface area contributed by atoms with Gasteiger partial charge in [0.1, 0.15) is 5.15 Å². The molecule has 1 aromatic heterocycles. The van der Waals surface area contributed by atoms with Crippen LogP contribution in [-0.4, -0.2) is 27.6 Å². The van der Waals surface area contributed by atoms with Gasteiger partial charge in [-0.2, -0.15) is 10.2 Å². The van der Waals surface area contributed by atoms with Crippen LogP contribution in [0.3, 0.4) is 0 Å². The molecule has 0 unspecified atom stereocenters. The van der Waals surface area contributed by atoms with Crippen LogP contribution in [0.25, 0.3) is 5.69 Å². The molecule has 0 aliphatic heterocycles. The first kappa shape index (κ1) is 18.7. The summed E-state index contributed by atoms with van der Waals surface area (Å²) >= 11 is 6.51. The van der Waals surface area contributed by atoms with Gasteiger partial charge in [-0.25, -0.2) is 14.9 Å². The van der Waals surface area contributed by atoms with Gasteiger partial charge in [0.15, 0.2) is 0 Å². The molecule has 0 atom stereocenters. The van der Waals surface area contributed by atoms with E-state index < -0.39 is 0 Å². The number of carbonyl (C=O) groups is 1. The fourth-order valence-electron chi connectivity index (χ4n) is 6.09. The molecule has 2 amide bonds. The first-order chi connectivity index (χ1) is 14.0. The van der Waals surface area contributed by atoms with E-state index in [4.69, 9.17) is 11.6 Å². The van der Waals surface area contributed by atoms with E-state index >= 15 is 0 Å². The van der Waals surface area contributed by atoms with Crippen molar-refractivity contribution in [1.29, 1.82) is 0 Å². The molecule has 0 saturated heterocycles. The highest BCUT2D eigenvalue weighted by molar-refractivity contribution is 6.32. The molecule has 7 heteroatoms. The molecule has 1 heterocycles. The third-order valence-corrected chi connectivity index (χ3v) is 7.19. The largest absolute Gasteiger partial charge is 0.335 e. The minimum Gasteiger partial charge on any atom is -0.331 e. The van der Waals surface area contributed by atoms with Crippen LogP contribution < -0.4 is 10.7 Å². The smallest absolute Gasteiger partial charge is 0.331 e. The molecule has 29 heavy (non-hydrogen) atoms. The number of hydrogen-bond donors (Lipinski definition) is 2. The number of hydrazone groups is 1. The minimum absolute atomic E-state index is 0.0277. The average molecular weight is 412 g/mol. The number of halogens is 1. The lowest BCUT2D eigenvalue weighted by atomic mass is 9.53. The van der Waals surface area contributed by atoms with Crippen molar-refractivity contribution in [3.05, 3.63) is 46.7 Å². The molecular formula is C22H26ClN5O. The Labute approximate surface area is 175 Å². The van der Waals surface area contributed by atoms with Gasteiger partial charge in [0.25, 0.3) is 0 Å². The summed E-state index contributed by atoms with van der Waals surface area (Å²) in [4.78, 5) is 12.5. The molecule has 152 valence electrons. The van der Waals surface area contributed by atoms with Crippen LogP contribution in [0.1, 0.15) is 49.8 Å². The van der Waals surface area contributed by atoms with Gasteiger partial charge in [0.2, 0.25) is 0 Å². The topological polar surface area (TPSA) is 71.3 Å². The standard InChI is InChI=1S/C22H26ClN5O/c1-14-19(20(23)28(27-14)18-5-3-2-4-6-18)13-24-26-21(29)25-22-10-15-7-16(11-22)9-17(8-15)12-22/h2-6,13,15-17H,7-12H2,1H3,(H2,25,26,29)/b24-13-. The van der Waals surface area contributed by atoms with Crippen molar-refractivity contribution >= 4 is 23.8 Å². The Balaban J connectivity index is 1.25. The molecule has 0 spiro atoms. The van der Waals surface area contributed by atoms with Crippen molar-refractivity contribution in [3.63, 3.8) is 0 Å². The van der Waals surface area contributed by atoms with Crippen LogP contribution >= 0.6 is 11.6 Å². The van der Waals surface area contributed by atoms with Crippen LogP contribution in [-0.2, 0) is 0 Å². The SMILES string of the molecule is Cc1nn(-c2ccccc2)c(Cl)c1/C=N\NC(=O)NC12CC3CC(CC(C3)C1)C2. The highest BCUT2D eigenvalue weighted by atomic mass is 35.5. The zero-order chi connectivity index (χ0) is 20.0. The summed E-state index contributed by atoms with van der Waals surface area (Å²) in [6.07, 6.45) is 8.97. The van der Waals surface area contributed by atoms with Gasteiger partial charge in [-0.05, 0) is 75.3 Å². The number of aromatic nitrogens is 2. The zero-order valence-corrected chi connectivity index (χ0v) is 17.3. The Kier molecular flexibility index (Phi) is 4.62. The van der Waals surface area contributed by atoms with Crippen molar-refractivity contribution in [3.8, 4) is 5.69 Å². The van der Waals surface area contributed by atoms with E-state index in [2.05, 4.69) is 20.9 Å². The molecule has 4 fully saturated rings. The Morgan fingerprint density at radius 3 is 2.41 bits per heavy atom. The van der Waals surface area contributed by atoms with Gasteiger partial charge >= 0.3 is 6.03 Å². The fraction of sp³-hybridized carbons (Fsp3) is 0.500. The molecule has 4 bridgehead atoms. The van der Waals surface area contributed by atoms with Crippen LogP contribution in [0.5, 0.6) is 0 Å². The van der Waals surface area contributed by atoms with Gasteiger partial charge in [0, 0.05) is 5.54 Å². The minimum atomic E-state index is -0.229. The molecular weight excluding hydrogens is 386 g/mol. The van der Waals surface area contributed by atoms with E-state index in [1.807, 2.05) is 37.3 Å². The Hall–Kier alpha value is -2.34. The van der Waals surface area contributed by atoms with Crippen LogP contribution in [0.15, 0.2) is 35.4 Å². The first-order valence-corrected chi connectivity index (χ1v) is 10.8. The lowest BCUT2D eigenvalue weighted by Crippen LogP contribution is -2.61. The third kappa shape index (κ3) is 3.54. The summed E-state index contributed by atoms with van der Waals surface area (Å²) in [5.41, 5.74) is 4.94. The normalized spacial score (nSPS) is 30.1. The summed E-state index contributed by atoms with van der Waals surface area (Å²) in [6.45, 7) is 1.88. The number of urea groups is 1. The second-order valence-corrected chi connectivity index (χ2v) is 9.42. The average Bonchev–Trinajstić information content (AvgIpc) is 2.95. The Morgan fingerprint density at radius 2 is 1.79 bits per heavy atom. The molecule has 0 radical (unpaired) electrons. The maximum atomic E-state index is 12.5. The fourth-order valence-corrected chi connectivity index (χ4v) is 6.41. The molecule has 4 aliphatic rings. The summed E-state index contributed by atoms with van der Waals surface area (Å²) < 4.78 is 1.67. The quantitative estimate of drug-likeness (QED) is 0.576. The summed E-state index contributed by atoms with van der Waals surface area (Å²) in [7, 11) is 0. The predicted molar refractivity (Wildman–Crippen MR) is 113 cm³/mol. The third-order valence-electron chi connectivity index (χ3n) is 6.83. The van der Waals surface area contributed by atoms with Gasteiger partial charge in [-0.15, -0.1) is 0 Å². The molecule has 4 aliphatic carbocycles. The van der Waals surface area contributed by atoms with Gasteiger partial charge in [-0.1, -0.05) is 29.8 Å². The van der Waals surface area contributed by atoms with E-state index in [1.165, 1.54) is 19.3 Å². The lowest BCUT2D eigenvalue weighted by Gasteiger charge is -2.56. The zero-order valence-electron chi connectivity index (χ0n) is 16.6. The Morgan fingerprint density at radius 1 is 1.17 bits per heavy atom. The van der Waals surface area contributed by atoms with E-state index in [9.17, 15) is 4.79 Å².